The Kier molecular flexibility index (Phi) is 5.51. The van der Waals surface area contributed by atoms with E-state index in [4.69, 9.17) is 5.73 Å². The van der Waals surface area contributed by atoms with Gasteiger partial charge in [-0.2, -0.15) is 0 Å². The molecule has 19 heavy (non-hydrogen) atoms. The molecule has 0 atom stereocenters. The van der Waals surface area contributed by atoms with E-state index in [1.807, 2.05) is 13.0 Å². The largest absolute Gasteiger partial charge is 0.345 e. The van der Waals surface area contributed by atoms with Crippen molar-refractivity contribution in [2.24, 2.45) is 5.73 Å². The van der Waals surface area contributed by atoms with Crippen LogP contribution in [0, 0.1) is 6.92 Å². The molecule has 0 fully saturated rings. The van der Waals surface area contributed by atoms with Gasteiger partial charge in [-0.05, 0) is 37.6 Å². The summed E-state index contributed by atoms with van der Waals surface area (Å²) >= 11 is 0. The lowest BCUT2D eigenvalue weighted by molar-refractivity contribution is -0.116. The lowest BCUT2D eigenvalue weighted by Crippen LogP contribution is -2.23. The second kappa shape index (κ2) is 6.89. The minimum Gasteiger partial charge on any atom is -0.345 e. The quantitative estimate of drug-likeness (QED) is 0.842. The molecule has 0 heterocycles. The predicted octanol–water partition coefficient (Wildman–Crippen LogP) is 1.37. The van der Waals surface area contributed by atoms with Crippen molar-refractivity contribution in [3.05, 3.63) is 29.3 Å². The van der Waals surface area contributed by atoms with Crippen molar-refractivity contribution in [3.63, 3.8) is 0 Å². The molecule has 0 unspecified atom stereocenters. The number of carbonyl (C=O) groups is 2. The van der Waals surface area contributed by atoms with Gasteiger partial charge in [0, 0.05) is 31.8 Å². The van der Waals surface area contributed by atoms with Crippen molar-refractivity contribution in [3.8, 4) is 0 Å². The second-order valence-electron chi connectivity index (χ2n) is 4.67. The van der Waals surface area contributed by atoms with Crippen molar-refractivity contribution in [1.29, 1.82) is 0 Å². The highest BCUT2D eigenvalue weighted by Crippen LogP contribution is 2.17. The molecule has 0 bridgehead atoms. The van der Waals surface area contributed by atoms with E-state index in [2.05, 4.69) is 5.32 Å². The predicted molar refractivity (Wildman–Crippen MR) is 76.1 cm³/mol. The van der Waals surface area contributed by atoms with Crippen LogP contribution in [0.3, 0.4) is 0 Å². The van der Waals surface area contributed by atoms with Crippen LogP contribution in [-0.2, 0) is 4.79 Å². The van der Waals surface area contributed by atoms with E-state index in [1.54, 1.807) is 26.2 Å². The zero-order valence-electron chi connectivity index (χ0n) is 11.7. The average molecular weight is 263 g/mol. The van der Waals surface area contributed by atoms with Gasteiger partial charge < -0.3 is 16.0 Å². The first kappa shape index (κ1) is 15.2. The summed E-state index contributed by atoms with van der Waals surface area (Å²) in [6.45, 7) is 2.36. The molecule has 1 aromatic rings. The number of rotatable bonds is 5. The lowest BCUT2D eigenvalue weighted by atomic mass is 10.1. The molecule has 0 aliphatic rings. The molecule has 0 aromatic heterocycles. The van der Waals surface area contributed by atoms with Crippen molar-refractivity contribution in [2.75, 3.05) is 26.0 Å². The van der Waals surface area contributed by atoms with Gasteiger partial charge in [0.15, 0.2) is 0 Å². The number of carbonyl (C=O) groups excluding carboxylic acids is 2. The Balaban J connectivity index is 2.84. The number of nitrogens with one attached hydrogen (secondary N) is 1. The summed E-state index contributed by atoms with van der Waals surface area (Å²) < 4.78 is 0. The van der Waals surface area contributed by atoms with E-state index in [0.29, 0.717) is 30.6 Å². The molecule has 3 N–H and O–H groups in total. The van der Waals surface area contributed by atoms with E-state index in [-0.39, 0.29) is 11.8 Å². The van der Waals surface area contributed by atoms with E-state index in [9.17, 15) is 9.59 Å². The number of nitrogens with two attached hydrogens (primary N) is 1. The summed E-state index contributed by atoms with van der Waals surface area (Å²) in [5.41, 5.74) is 7.48. The number of hydrogen-bond donors (Lipinski definition) is 2. The first-order valence-electron chi connectivity index (χ1n) is 6.28. The highest BCUT2D eigenvalue weighted by atomic mass is 16.2. The van der Waals surface area contributed by atoms with Crippen LogP contribution < -0.4 is 11.1 Å². The lowest BCUT2D eigenvalue weighted by Gasteiger charge is -2.14. The minimum atomic E-state index is -0.0856. The van der Waals surface area contributed by atoms with Crippen LogP contribution in [-0.4, -0.2) is 37.4 Å². The summed E-state index contributed by atoms with van der Waals surface area (Å²) in [6, 6.07) is 5.33. The maximum absolute atomic E-state index is 12.0. The third kappa shape index (κ3) is 4.37. The smallest absolute Gasteiger partial charge is 0.253 e. The van der Waals surface area contributed by atoms with E-state index < -0.39 is 0 Å². The number of hydrogen-bond acceptors (Lipinski definition) is 3. The van der Waals surface area contributed by atoms with Crippen LogP contribution in [0.15, 0.2) is 18.2 Å². The third-order valence-corrected chi connectivity index (χ3v) is 2.77. The Morgan fingerprint density at radius 3 is 2.58 bits per heavy atom. The van der Waals surface area contributed by atoms with Gasteiger partial charge in [0.25, 0.3) is 5.91 Å². The highest BCUT2D eigenvalue weighted by Gasteiger charge is 2.12. The fraction of sp³-hybridized carbons (Fsp3) is 0.429. The van der Waals surface area contributed by atoms with E-state index >= 15 is 0 Å². The van der Waals surface area contributed by atoms with Crippen molar-refractivity contribution >= 4 is 17.5 Å². The van der Waals surface area contributed by atoms with Crippen LogP contribution in [0.2, 0.25) is 0 Å². The van der Waals surface area contributed by atoms with Crippen LogP contribution in [0.1, 0.15) is 28.8 Å². The van der Waals surface area contributed by atoms with Gasteiger partial charge in [-0.25, -0.2) is 0 Å². The molecule has 1 rings (SSSR count). The van der Waals surface area contributed by atoms with Gasteiger partial charge >= 0.3 is 0 Å². The number of benzene rings is 1. The van der Waals surface area contributed by atoms with Gasteiger partial charge in [0.05, 0.1) is 0 Å². The minimum absolute atomic E-state index is 0.0736. The molecule has 0 saturated heterocycles. The molecule has 0 saturated carbocycles. The first-order valence-corrected chi connectivity index (χ1v) is 6.28. The molecule has 5 nitrogen and oxygen atoms in total. The number of amides is 2. The maximum atomic E-state index is 12.0. The Morgan fingerprint density at radius 2 is 2.00 bits per heavy atom. The first-order chi connectivity index (χ1) is 8.95. The summed E-state index contributed by atoms with van der Waals surface area (Å²) in [6.07, 6.45) is 1.04. The average Bonchev–Trinajstić information content (AvgIpc) is 2.37. The van der Waals surface area contributed by atoms with Crippen LogP contribution in [0.5, 0.6) is 0 Å². The molecule has 0 aliphatic heterocycles. The Morgan fingerprint density at radius 1 is 1.32 bits per heavy atom. The molecular weight excluding hydrogens is 242 g/mol. The molecule has 1 aromatic carbocycles. The molecule has 0 spiro atoms. The van der Waals surface area contributed by atoms with Crippen LogP contribution in [0.4, 0.5) is 5.69 Å². The normalized spacial score (nSPS) is 10.1. The second-order valence-corrected chi connectivity index (χ2v) is 4.67. The van der Waals surface area contributed by atoms with Gasteiger partial charge in [-0.3, -0.25) is 9.59 Å². The standard InChI is InChI=1S/C14H21N3O2/c1-10-6-7-11(16-13(18)5-4-8-15)9-12(10)14(19)17(2)3/h6-7,9H,4-5,8,15H2,1-3H3,(H,16,18). The summed E-state index contributed by atoms with van der Waals surface area (Å²) in [5, 5.41) is 2.77. The fourth-order valence-electron chi connectivity index (χ4n) is 1.66. The molecular formula is C14H21N3O2. The number of nitrogens with zero attached hydrogens (tertiary/aromatic N) is 1. The monoisotopic (exact) mass is 263 g/mol. The third-order valence-electron chi connectivity index (χ3n) is 2.77. The maximum Gasteiger partial charge on any atom is 0.253 e. The van der Waals surface area contributed by atoms with Crippen molar-refractivity contribution < 1.29 is 9.59 Å². The molecule has 0 aliphatic carbocycles. The molecule has 0 radical (unpaired) electrons. The zero-order chi connectivity index (χ0) is 14.4. The topological polar surface area (TPSA) is 75.4 Å². The fourth-order valence-corrected chi connectivity index (χ4v) is 1.66. The number of aryl methyl sites for hydroxylation is 1. The summed E-state index contributed by atoms with van der Waals surface area (Å²) in [7, 11) is 3.41. The van der Waals surface area contributed by atoms with Crippen LogP contribution >= 0.6 is 0 Å². The molecule has 5 heteroatoms. The summed E-state index contributed by atoms with van der Waals surface area (Å²) in [5.74, 6) is -0.159. The highest BCUT2D eigenvalue weighted by molar-refractivity contribution is 5.98. The van der Waals surface area contributed by atoms with Gasteiger partial charge in [-0.1, -0.05) is 6.07 Å². The Labute approximate surface area is 113 Å². The Bertz CT molecular complexity index is 470. The molecule has 104 valence electrons. The van der Waals surface area contributed by atoms with Crippen molar-refractivity contribution in [1.82, 2.24) is 4.90 Å². The molecule has 2 amide bonds. The summed E-state index contributed by atoms with van der Waals surface area (Å²) in [4.78, 5) is 25.1. The number of anilines is 1. The SMILES string of the molecule is Cc1ccc(NC(=O)CCCN)cc1C(=O)N(C)C. The van der Waals surface area contributed by atoms with Crippen LogP contribution in [0.25, 0.3) is 0 Å². The van der Waals surface area contributed by atoms with E-state index in [0.717, 1.165) is 5.56 Å². The Hall–Kier alpha value is -1.88. The zero-order valence-corrected chi connectivity index (χ0v) is 11.7. The van der Waals surface area contributed by atoms with Gasteiger partial charge in [-0.15, -0.1) is 0 Å². The van der Waals surface area contributed by atoms with Gasteiger partial charge in [0.2, 0.25) is 5.91 Å². The van der Waals surface area contributed by atoms with Crippen molar-refractivity contribution in [2.45, 2.75) is 19.8 Å². The van der Waals surface area contributed by atoms with Gasteiger partial charge in [0.1, 0.15) is 0 Å². The van der Waals surface area contributed by atoms with E-state index in [1.165, 1.54) is 4.90 Å².